The fraction of sp³-hybridized carbons (Fsp3) is 0. The molecule has 8 aromatic rings. The van der Waals surface area contributed by atoms with E-state index in [1.54, 1.807) is 0 Å². The average Bonchev–Trinajstić information content (AvgIpc) is 3.72. The Kier molecular flexibility index (Phi) is 4.51. The third-order valence-electron chi connectivity index (χ3n) is 9.46. The zero-order valence-electron chi connectivity index (χ0n) is 23.4. The van der Waals surface area contributed by atoms with Crippen LogP contribution in [-0.4, -0.2) is 4.98 Å². The van der Waals surface area contributed by atoms with Gasteiger partial charge in [-0.25, -0.2) is 0 Å². The van der Waals surface area contributed by atoms with Crippen molar-refractivity contribution in [2.24, 2.45) is 0 Å². The summed E-state index contributed by atoms with van der Waals surface area (Å²) >= 11 is 0. The normalized spacial score (nSPS) is 13.9. The minimum absolute atomic E-state index is 1.16. The first-order chi connectivity index (χ1) is 21.3. The molecule has 1 N–H and O–H groups in total. The molecule has 0 saturated carbocycles. The Morgan fingerprint density at radius 2 is 0.767 bits per heavy atom. The molecule has 2 aliphatic carbocycles. The topological polar surface area (TPSA) is 15.8 Å². The van der Waals surface area contributed by atoms with Crippen LogP contribution in [0.5, 0.6) is 0 Å². The molecule has 0 spiro atoms. The van der Waals surface area contributed by atoms with Crippen LogP contribution in [0.25, 0.3) is 65.5 Å². The first-order valence-corrected chi connectivity index (χ1v) is 14.9. The minimum atomic E-state index is 1.16. The highest BCUT2D eigenvalue weighted by molar-refractivity contribution is 6.37. The summed E-state index contributed by atoms with van der Waals surface area (Å²) in [5, 5.41) is 8.85. The van der Waals surface area contributed by atoms with Gasteiger partial charge in [-0.05, 0) is 108 Å². The maximum absolute atomic E-state index is 3.81. The van der Waals surface area contributed by atoms with Gasteiger partial charge in [0.2, 0.25) is 0 Å². The molecule has 198 valence electrons. The van der Waals surface area contributed by atoms with Crippen LogP contribution in [0.1, 0.15) is 33.5 Å². The number of para-hydroxylation sites is 1. The number of hydrogen-bond acceptors (Lipinski definition) is 0. The number of rotatable bonds is 2. The second kappa shape index (κ2) is 8.44. The van der Waals surface area contributed by atoms with E-state index in [9.17, 15) is 0 Å². The van der Waals surface area contributed by atoms with Crippen molar-refractivity contribution in [1.82, 2.24) is 4.98 Å². The van der Waals surface area contributed by atoms with Gasteiger partial charge in [0.25, 0.3) is 0 Å². The van der Waals surface area contributed by atoms with Crippen molar-refractivity contribution in [3.8, 4) is 0 Å². The number of nitrogens with one attached hydrogen (secondary N) is 1. The van der Waals surface area contributed by atoms with E-state index in [0.717, 1.165) is 5.52 Å². The van der Waals surface area contributed by atoms with Gasteiger partial charge in [0, 0.05) is 27.7 Å². The number of hydrogen-bond donors (Lipinski definition) is 1. The highest BCUT2D eigenvalue weighted by Gasteiger charge is 2.38. The molecule has 0 radical (unpaired) electrons. The molecule has 0 atom stereocenters. The first-order valence-electron chi connectivity index (χ1n) is 14.9. The van der Waals surface area contributed by atoms with Crippen molar-refractivity contribution in [3.05, 3.63) is 179 Å². The van der Waals surface area contributed by atoms with Crippen LogP contribution in [0.4, 0.5) is 0 Å². The largest absolute Gasteiger partial charge is 0.354 e. The Morgan fingerprint density at radius 3 is 1.40 bits per heavy atom. The van der Waals surface area contributed by atoms with Gasteiger partial charge in [0.1, 0.15) is 0 Å². The van der Waals surface area contributed by atoms with Crippen molar-refractivity contribution >= 4 is 65.5 Å². The van der Waals surface area contributed by atoms with E-state index in [-0.39, 0.29) is 0 Å². The molecule has 43 heavy (non-hydrogen) atoms. The van der Waals surface area contributed by atoms with Crippen molar-refractivity contribution in [2.45, 2.75) is 0 Å². The van der Waals surface area contributed by atoms with Crippen LogP contribution in [0.2, 0.25) is 0 Å². The van der Waals surface area contributed by atoms with Gasteiger partial charge in [-0.1, -0.05) is 109 Å². The summed E-state index contributed by atoms with van der Waals surface area (Å²) in [6.45, 7) is 0. The molecule has 2 aliphatic rings. The molecule has 1 aromatic heterocycles. The molecule has 1 nitrogen and oxygen atoms in total. The number of fused-ring (bicyclic) bond motifs is 9. The summed E-state index contributed by atoms with van der Waals surface area (Å²) in [6.07, 6.45) is 0. The predicted octanol–water partition coefficient (Wildman–Crippen LogP) is 10.9. The summed E-state index contributed by atoms with van der Waals surface area (Å²) < 4.78 is 0. The lowest BCUT2D eigenvalue weighted by Crippen LogP contribution is -1.94. The molecular weight excluding hydrogens is 518 g/mol. The SMILES string of the molecule is c1ccc2cc3c(cc2c1)C1=C(c2cccc4ccccc24)c2cc4ccccc4cc2C1=C3c1cc2ccccc2[nH]1. The second-order valence-electron chi connectivity index (χ2n) is 11.8. The van der Waals surface area contributed by atoms with E-state index < -0.39 is 0 Å². The minimum Gasteiger partial charge on any atom is -0.354 e. The standard InChI is InChI=1S/C42H25N/c1-3-13-28-22-35-33(20-26(28)11-1)39(32-18-9-16-25-10-5-7-17-31(25)32)41-36-23-29-14-4-2-12-27(29)21-34(36)40(42(35)41)38-24-30-15-6-8-19-37(30)43-38/h1-24,43H. The third kappa shape index (κ3) is 3.17. The summed E-state index contributed by atoms with van der Waals surface area (Å²) in [6, 6.07) is 53.7. The molecule has 10 rings (SSSR count). The number of aromatic amines is 1. The molecule has 0 unspecified atom stereocenters. The van der Waals surface area contributed by atoms with Gasteiger partial charge in [0.15, 0.2) is 0 Å². The third-order valence-corrected chi connectivity index (χ3v) is 9.46. The van der Waals surface area contributed by atoms with Gasteiger partial charge in [0.05, 0.1) is 0 Å². The van der Waals surface area contributed by atoms with Crippen molar-refractivity contribution in [1.29, 1.82) is 0 Å². The number of H-pyrrole nitrogens is 1. The molecule has 0 aliphatic heterocycles. The molecule has 0 amide bonds. The summed E-state index contributed by atoms with van der Waals surface area (Å²) in [7, 11) is 0. The summed E-state index contributed by atoms with van der Waals surface area (Å²) in [4.78, 5) is 3.81. The Balaban J connectivity index is 1.42. The van der Waals surface area contributed by atoms with Crippen LogP contribution < -0.4 is 0 Å². The van der Waals surface area contributed by atoms with Crippen LogP contribution >= 0.6 is 0 Å². The van der Waals surface area contributed by atoms with E-state index in [2.05, 4.69) is 151 Å². The van der Waals surface area contributed by atoms with Crippen LogP contribution in [0.3, 0.4) is 0 Å². The first kappa shape index (κ1) is 23.0. The summed E-state index contributed by atoms with van der Waals surface area (Å²) in [5.41, 5.74) is 14.1. The maximum Gasteiger partial charge on any atom is 0.0477 e. The van der Waals surface area contributed by atoms with Crippen molar-refractivity contribution in [3.63, 3.8) is 0 Å². The van der Waals surface area contributed by atoms with Gasteiger partial charge in [-0.2, -0.15) is 0 Å². The number of benzene rings is 7. The van der Waals surface area contributed by atoms with E-state index in [4.69, 9.17) is 0 Å². The van der Waals surface area contributed by atoms with Crippen molar-refractivity contribution in [2.75, 3.05) is 0 Å². The molecule has 0 saturated heterocycles. The van der Waals surface area contributed by atoms with Gasteiger partial charge >= 0.3 is 0 Å². The zero-order chi connectivity index (χ0) is 28.1. The molecule has 7 aromatic carbocycles. The van der Waals surface area contributed by atoms with Crippen LogP contribution in [-0.2, 0) is 0 Å². The van der Waals surface area contributed by atoms with E-state index in [0.29, 0.717) is 0 Å². The zero-order valence-corrected chi connectivity index (χ0v) is 23.4. The lowest BCUT2D eigenvalue weighted by Gasteiger charge is -2.15. The highest BCUT2D eigenvalue weighted by atomic mass is 14.7. The lowest BCUT2D eigenvalue weighted by atomic mass is 9.88. The second-order valence-corrected chi connectivity index (χ2v) is 11.8. The lowest BCUT2D eigenvalue weighted by molar-refractivity contribution is 1.40. The monoisotopic (exact) mass is 543 g/mol. The smallest absolute Gasteiger partial charge is 0.0477 e. The molecule has 1 heteroatoms. The van der Waals surface area contributed by atoms with Crippen LogP contribution in [0, 0.1) is 0 Å². The molecule has 0 fully saturated rings. The number of allylic oxidation sites excluding steroid dienone is 2. The van der Waals surface area contributed by atoms with Crippen molar-refractivity contribution < 1.29 is 0 Å². The molecular formula is C42H25N. The Hall–Kier alpha value is -5.66. The average molecular weight is 544 g/mol. The van der Waals surface area contributed by atoms with Gasteiger partial charge in [-0.3, -0.25) is 0 Å². The quantitative estimate of drug-likeness (QED) is 0.223. The predicted molar refractivity (Wildman–Crippen MR) is 182 cm³/mol. The van der Waals surface area contributed by atoms with E-state index in [1.165, 1.54) is 93.5 Å². The van der Waals surface area contributed by atoms with E-state index in [1.807, 2.05) is 0 Å². The maximum atomic E-state index is 3.81. The molecule has 1 heterocycles. The number of aromatic nitrogens is 1. The van der Waals surface area contributed by atoms with Crippen LogP contribution in [0.15, 0.2) is 146 Å². The fourth-order valence-corrected chi connectivity index (χ4v) is 7.58. The van der Waals surface area contributed by atoms with E-state index >= 15 is 0 Å². The molecule has 0 bridgehead atoms. The summed E-state index contributed by atoms with van der Waals surface area (Å²) in [5.74, 6) is 0. The Labute approximate surface area is 249 Å². The van der Waals surface area contributed by atoms with Gasteiger partial charge < -0.3 is 4.98 Å². The Morgan fingerprint density at radius 1 is 0.302 bits per heavy atom. The Bertz CT molecular complexity index is 2510. The fourth-order valence-electron chi connectivity index (χ4n) is 7.58. The van der Waals surface area contributed by atoms with Gasteiger partial charge in [-0.15, -0.1) is 0 Å². The highest BCUT2D eigenvalue weighted by Crippen LogP contribution is 2.60.